The summed E-state index contributed by atoms with van der Waals surface area (Å²) in [5, 5.41) is 0.536. The summed E-state index contributed by atoms with van der Waals surface area (Å²) in [7, 11) is 0. The molecule has 0 saturated heterocycles. The maximum Gasteiger partial charge on any atom is 0.303 e. The van der Waals surface area contributed by atoms with Crippen molar-refractivity contribution in [3.05, 3.63) is 64.4 Å². The van der Waals surface area contributed by atoms with Crippen molar-refractivity contribution in [1.82, 2.24) is 0 Å². The number of amidine groups is 1. The molecule has 5 nitrogen and oxygen atoms in total. The fourth-order valence-corrected chi connectivity index (χ4v) is 3.58. The number of carbonyl (C=O) groups excluding carboxylic acids is 1. The van der Waals surface area contributed by atoms with Gasteiger partial charge in [0.25, 0.3) is 0 Å². The second-order valence-electron chi connectivity index (χ2n) is 6.39. The summed E-state index contributed by atoms with van der Waals surface area (Å²) in [4.78, 5) is 22.5. The number of benzene rings is 2. The van der Waals surface area contributed by atoms with Crippen molar-refractivity contribution in [2.75, 3.05) is 24.6 Å². The van der Waals surface area contributed by atoms with E-state index in [1.54, 1.807) is 30.3 Å². The lowest BCUT2D eigenvalue weighted by atomic mass is 10.00. The van der Waals surface area contributed by atoms with Gasteiger partial charge in [-0.15, -0.1) is 0 Å². The summed E-state index contributed by atoms with van der Waals surface area (Å²) in [6.45, 7) is 2.43. The zero-order valence-electron chi connectivity index (χ0n) is 14.7. The molecule has 7 heteroatoms. The number of anilines is 1. The van der Waals surface area contributed by atoms with Gasteiger partial charge in [0.15, 0.2) is 0 Å². The topological polar surface area (TPSA) is 54.3 Å². The maximum atomic E-state index is 14.5. The molecule has 0 aliphatic carbocycles. The first-order valence-corrected chi connectivity index (χ1v) is 8.97. The molecule has 0 spiro atoms. The molecular weight excluding hydrogens is 371 g/mol. The molecule has 0 radical (unpaired) electrons. The Hall–Kier alpha value is -2.73. The Bertz CT molecular complexity index is 973. The molecule has 2 aliphatic rings. The van der Waals surface area contributed by atoms with Gasteiger partial charge in [-0.25, -0.2) is 4.39 Å². The summed E-state index contributed by atoms with van der Waals surface area (Å²) in [5.74, 6) is -0.0441. The minimum absolute atomic E-state index is 0.0141. The Balaban J connectivity index is 1.81. The standard InChI is InChI=1S/C20H17ClFN3O2/c1-12(26)27-11-19-23-9-14-10-24-20(15-4-2-3-5-17(15)22)16-8-13(21)6-7-18(16)25(14)19/h2-8,14H,9-11H2,1H3/i11+1,19+1. The molecule has 2 aromatic carbocycles. The molecule has 4 rings (SSSR count). The van der Waals surface area contributed by atoms with E-state index < -0.39 is 0 Å². The number of hydrogen-bond donors (Lipinski definition) is 0. The number of rotatable bonds is 3. The smallest absolute Gasteiger partial charge is 0.303 e. The van der Waals surface area contributed by atoms with Gasteiger partial charge < -0.3 is 9.64 Å². The van der Waals surface area contributed by atoms with Crippen LogP contribution in [0.2, 0.25) is 5.02 Å². The van der Waals surface area contributed by atoms with Gasteiger partial charge in [0, 0.05) is 23.1 Å². The van der Waals surface area contributed by atoms with E-state index in [1.165, 1.54) is 13.0 Å². The molecule has 0 bridgehead atoms. The van der Waals surface area contributed by atoms with Crippen LogP contribution in [0, 0.1) is 5.82 Å². The van der Waals surface area contributed by atoms with E-state index in [4.69, 9.17) is 21.3 Å². The van der Waals surface area contributed by atoms with Crippen LogP contribution in [0.3, 0.4) is 0 Å². The van der Waals surface area contributed by atoms with Crippen molar-refractivity contribution >= 4 is 34.8 Å². The second-order valence-corrected chi connectivity index (χ2v) is 6.83. The number of ether oxygens (including phenoxy) is 1. The van der Waals surface area contributed by atoms with Gasteiger partial charge >= 0.3 is 5.97 Å². The number of halogens is 2. The lowest BCUT2D eigenvalue weighted by Crippen LogP contribution is -2.40. The SMILES string of the molecule is CC(=O)O[13CH2][13C]1=NCC2CN=C(c3ccccc3F)c3cc(Cl)ccc3N21. The quantitative estimate of drug-likeness (QED) is 0.598. The normalized spacial score (nSPS) is 18.2. The van der Waals surface area contributed by atoms with Crippen LogP contribution in [0.15, 0.2) is 52.4 Å². The summed E-state index contributed by atoms with van der Waals surface area (Å²) in [5.41, 5.74) is 2.55. The van der Waals surface area contributed by atoms with Gasteiger partial charge in [-0.3, -0.25) is 14.8 Å². The molecule has 0 fully saturated rings. The molecule has 138 valence electrons. The minimum atomic E-state index is -0.365. The molecule has 0 aromatic heterocycles. The van der Waals surface area contributed by atoms with E-state index in [-0.39, 0.29) is 24.4 Å². The first-order valence-electron chi connectivity index (χ1n) is 8.60. The van der Waals surface area contributed by atoms with Crippen LogP contribution in [-0.4, -0.2) is 43.3 Å². The van der Waals surface area contributed by atoms with Crippen LogP contribution in [0.1, 0.15) is 18.1 Å². The average molecular weight is 388 g/mol. The van der Waals surface area contributed by atoms with E-state index >= 15 is 0 Å². The predicted octanol–water partition coefficient (Wildman–Crippen LogP) is 3.48. The van der Waals surface area contributed by atoms with E-state index in [2.05, 4.69) is 4.99 Å². The van der Waals surface area contributed by atoms with Crippen LogP contribution >= 0.6 is 11.6 Å². The Morgan fingerprint density at radius 1 is 1.22 bits per heavy atom. The van der Waals surface area contributed by atoms with Crippen LogP contribution in [0.25, 0.3) is 0 Å². The molecule has 2 aromatic rings. The third-order valence-corrected chi connectivity index (χ3v) is 4.83. The van der Waals surface area contributed by atoms with Crippen molar-refractivity contribution in [3.63, 3.8) is 0 Å². The van der Waals surface area contributed by atoms with Crippen molar-refractivity contribution in [3.8, 4) is 0 Å². The van der Waals surface area contributed by atoms with Crippen molar-refractivity contribution in [2.24, 2.45) is 9.98 Å². The number of aliphatic imine (C=N–C) groups is 2. The van der Waals surface area contributed by atoms with Crippen LogP contribution in [-0.2, 0) is 9.53 Å². The largest absolute Gasteiger partial charge is 0.458 e. The van der Waals surface area contributed by atoms with Crippen molar-refractivity contribution < 1.29 is 13.9 Å². The fourth-order valence-electron chi connectivity index (χ4n) is 3.41. The first-order chi connectivity index (χ1) is 13.0. The highest BCUT2D eigenvalue weighted by Gasteiger charge is 2.34. The average Bonchev–Trinajstić information content (AvgIpc) is 2.97. The molecule has 27 heavy (non-hydrogen) atoms. The van der Waals surface area contributed by atoms with E-state index in [0.717, 1.165) is 11.3 Å². The predicted molar refractivity (Wildman–Crippen MR) is 104 cm³/mol. The third kappa shape index (κ3) is 3.32. The number of carbonyl (C=O) groups is 1. The van der Waals surface area contributed by atoms with E-state index in [9.17, 15) is 9.18 Å². The molecule has 2 heterocycles. The Labute approximate surface area is 161 Å². The monoisotopic (exact) mass is 387 g/mol. The van der Waals surface area contributed by atoms with Gasteiger partial charge in [-0.2, -0.15) is 0 Å². The number of nitrogens with zero attached hydrogens (tertiary/aromatic N) is 3. The van der Waals surface area contributed by atoms with Crippen LogP contribution in [0.4, 0.5) is 10.1 Å². The van der Waals surface area contributed by atoms with Crippen molar-refractivity contribution in [1.29, 1.82) is 0 Å². The highest BCUT2D eigenvalue weighted by atomic mass is 35.5. The second kappa shape index (κ2) is 7.12. The van der Waals surface area contributed by atoms with Crippen LogP contribution < -0.4 is 4.90 Å². The minimum Gasteiger partial charge on any atom is -0.458 e. The molecule has 0 saturated carbocycles. The Morgan fingerprint density at radius 2 is 2.00 bits per heavy atom. The lowest BCUT2D eigenvalue weighted by Gasteiger charge is -2.27. The summed E-state index contributed by atoms with van der Waals surface area (Å²) < 4.78 is 19.6. The highest BCUT2D eigenvalue weighted by molar-refractivity contribution is 6.32. The first kappa shape index (κ1) is 17.7. The third-order valence-electron chi connectivity index (χ3n) is 4.59. The van der Waals surface area contributed by atoms with Gasteiger partial charge in [0.05, 0.1) is 30.5 Å². The van der Waals surface area contributed by atoms with Gasteiger partial charge in [0.1, 0.15) is 18.3 Å². The van der Waals surface area contributed by atoms with E-state index in [1.807, 2.05) is 11.0 Å². The van der Waals surface area contributed by atoms with E-state index in [0.29, 0.717) is 35.2 Å². The molecule has 2 aliphatic heterocycles. The molecular formula is C20H17ClFN3O2. The maximum absolute atomic E-state index is 14.5. The summed E-state index contributed by atoms with van der Waals surface area (Å²) in [6, 6.07) is 12.0. The molecule has 1 unspecified atom stereocenters. The highest BCUT2D eigenvalue weighted by Crippen LogP contribution is 2.33. The van der Waals surface area contributed by atoms with Gasteiger partial charge in [-0.1, -0.05) is 23.7 Å². The summed E-state index contributed by atoms with van der Waals surface area (Å²) in [6.07, 6.45) is 0. The van der Waals surface area contributed by atoms with Gasteiger partial charge in [-0.05, 0) is 30.3 Å². The summed E-state index contributed by atoms with van der Waals surface area (Å²) >= 11 is 6.24. The number of hydrogen-bond acceptors (Lipinski definition) is 5. The zero-order valence-corrected chi connectivity index (χ0v) is 15.4. The number of fused-ring (bicyclic) bond motifs is 3. The Morgan fingerprint density at radius 3 is 2.78 bits per heavy atom. The number of esters is 1. The van der Waals surface area contributed by atoms with Crippen LogP contribution in [0.5, 0.6) is 0 Å². The van der Waals surface area contributed by atoms with Gasteiger partial charge in [0.2, 0.25) is 0 Å². The van der Waals surface area contributed by atoms with Crippen molar-refractivity contribution in [2.45, 2.75) is 13.0 Å². The zero-order chi connectivity index (χ0) is 19.0. The molecule has 0 N–H and O–H groups in total. The molecule has 0 amide bonds. The lowest BCUT2D eigenvalue weighted by molar-refractivity contribution is -0.139. The Kier molecular flexibility index (Phi) is 4.66. The fraction of sp³-hybridized carbons (Fsp3) is 0.250. The molecule has 1 atom stereocenters.